The summed E-state index contributed by atoms with van der Waals surface area (Å²) in [5.74, 6) is 0.472. The van der Waals surface area contributed by atoms with Crippen molar-refractivity contribution in [2.24, 2.45) is 7.05 Å². The molecular formula is C15H20N4O. The number of nitrogens with zero attached hydrogens (tertiary/aromatic N) is 3. The summed E-state index contributed by atoms with van der Waals surface area (Å²) in [6, 6.07) is 7.70. The van der Waals surface area contributed by atoms with E-state index in [0.29, 0.717) is 12.4 Å². The zero-order valence-electron chi connectivity index (χ0n) is 11.9. The molecule has 0 fully saturated rings. The smallest absolute Gasteiger partial charge is 0.293 e. The minimum absolute atomic E-state index is 0.0875. The van der Waals surface area contributed by atoms with Crippen molar-refractivity contribution in [3.63, 3.8) is 0 Å². The van der Waals surface area contributed by atoms with Crippen molar-refractivity contribution in [1.29, 1.82) is 0 Å². The SMILES string of the molecule is CCCN(Cc1ccccc1N)c1nccn(C)c1=O. The first-order valence-corrected chi connectivity index (χ1v) is 6.73. The Morgan fingerprint density at radius 3 is 2.80 bits per heavy atom. The predicted octanol–water partition coefficient (Wildman–Crippen LogP) is 1.78. The van der Waals surface area contributed by atoms with E-state index in [2.05, 4.69) is 11.9 Å². The molecule has 2 N–H and O–H groups in total. The molecule has 1 aromatic heterocycles. The minimum Gasteiger partial charge on any atom is -0.398 e. The average Bonchev–Trinajstić information content (AvgIpc) is 2.44. The zero-order chi connectivity index (χ0) is 14.5. The fourth-order valence-electron chi connectivity index (χ4n) is 2.12. The van der Waals surface area contributed by atoms with Gasteiger partial charge in [0.2, 0.25) is 0 Å². The number of aryl methyl sites for hydroxylation is 1. The van der Waals surface area contributed by atoms with Crippen LogP contribution in [0.15, 0.2) is 41.5 Å². The van der Waals surface area contributed by atoms with Crippen molar-refractivity contribution in [3.05, 3.63) is 52.6 Å². The molecule has 0 unspecified atom stereocenters. The summed E-state index contributed by atoms with van der Waals surface area (Å²) < 4.78 is 1.54. The van der Waals surface area contributed by atoms with E-state index in [1.165, 1.54) is 0 Å². The van der Waals surface area contributed by atoms with E-state index in [4.69, 9.17) is 5.73 Å². The molecule has 1 heterocycles. The number of nitrogen functional groups attached to an aromatic ring is 1. The minimum atomic E-state index is -0.0875. The topological polar surface area (TPSA) is 64.2 Å². The summed E-state index contributed by atoms with van der Waals surface area (Å²) >= 11 is 0. The number of aromatic nitrogens is 2. The number of rotatable bonds is 5. The van der Waals surface area contributed by atoms with Gasteiger partial charge in [-0.15, -0.1) is 0 Å². The maximum Gasteiger partial charge on any atom is 0.293 e. The van der Waals surface area contributed by atoms with Gasteiger partial charge in [-0.1, -0.05) is 25.1 Å². The molecule has 20 heavy (non-hydrogen) atoms. The third-order valence-corrected chi connectivity index (χ3v) is 3.21. The van der Waals surface area contributed by atoms with Crippen molar-refractivity contribution in [2.75, 3.05) is 17.2 Å². The molecule has 0 aliphatic rings. The lowest BCUT2D eigenvalue weighted by molar-refractivity contribution is 0.729. The van der Waals surface area contributed by atoms with Gasteiger partial charge in [0.15, 0.2) is 5.82 Å². The Morgan fingerprint density at radius 2 is 2.10 bits per heavy atom. The van der Waals surface area contributed by atoms with E-state index in [9.17, 15) is 4.79 Å². The van der Waals surface area contributed by atoms with Crippen LogP contribution < -0.4 is 16.2 Å². The van der Waals surface area contributed by atoms with Crippen molar-refractivity contribution in [3.8, 4) is 0 Å². The molecular weight excluding hydrogens is 252 g/mol. The maximum absolute atomic E-state index is 12.2. The average molecular weight is 272 g/mol. The lowest BCUT2D eigenvalue weighted by Crippen LogP contribution is -2.33. The molecule has 0 aliphatic carbocycles. The molecule has 0 amide bonds. The number of nitrogens with two attached hydrogens (primary N) is 1. The van der Waals surface area contributed by atoms with Crippen molar-refractivity contribution < 1.29 is 0 Å². The van der Waals surface area contributed by atoms with E-state index >= 15 is 0 Å². The van der Waals surface area contributed by atoms with Crippen LogP contribution in [-0.2, 0) is 13.6 Å². The second-order valence-corrected chi connectivity index (χ2v) is 4.79. The molecule has 0 saturated heterocycles. The van der Waals surface area contributed by atoms with Crippen LogP contribution in [0.2, 0.25) is 0 Å². The van der Waals surface area contributed by atoms with Crippen molar-refractivity contribution >= 4 is 11.5 Å². The molecule has 5 nitrogen and oxygen atoms in total. The molecule has 2 rings (SSSR count). The van der Waals surface area contributed by atoms with Crippen molar-refractivity contribution in [1.82, 2.24) is 9.55 Å². The van der Waals surface area contributed by atoms with E-state index in [0.717, 1.165) is 24.2 Å². The maximum atomic E-state index is 12.2. The highest BCUT2D eigenvalue weighted by atomic mass is 16.1. The standard InChI is InChI=1S/C15H20N4O/c1-3-9-19(11-12-6-4-5-7-13(12)16)14-15(20)18(2)10-8-17-14/h4-8,10H,3,9,11,16H2,1-2H3. The second-order valence-electron chi connectivity index (χ2n) is 4.79. The first kappa shape index (κ1) is 14.1. The number of hydrogen-bond donors (Lipinski definition) is 1. The molecule has 0 atom stereocenters. The van der Waals surface area contributed by atoms with Crippen LogP contribution in [0.3, 0.4) is 0 Å². The summed E-state index contributed by atoms with van der Waals surface area (Å²) in [6.45, 7) is 3.43. The van der Waals surface area contributed by atoms with Gasteiger partial charge in [-0.3, -0.25) is 4.79 Å². The Morgan fingerprint density at radius 1 is 1.35 bits per heavy atom. The van der Waals surface area contributed by atoms with Gasteiger partial charge in [-0.25, -0.2) is 4.98 Å². The molecule has 106 valence electrons. The highest BCUT2D eigenvalue weighted by molar-refractivity contribution is 5.49. The molecule has 0 spiro atoms. The quantitative estimate of drug-likeness (QED) is 0.843. The van der Waals surface area contributed by atoms with Gasteiger partial charge in [0, 0.05) is 38.2 Å². The Bertz CT molecular complexity index is 636. The van der Waals surface area contributed by atoms with E-state index in [-0.39, 0.29) is 5.56 Å². The second kappa shape index (κ2) is 6.23. The van der Waals surface area contributed by atoms with Crippen LogP contribution in [0.4, 0.5) is 11.5 Å². The molecule has 0 aliphatic heterocycles. The number of para-hydroxylation sites is 1. The van der Waals surface area contributed by atoms with Gasteiger partial charge >= 0.3 is 0 Å². The van der Waals surface area contributed by atoms with Gasteiger partial charge in [0.05, 0.1) is 0 Å². The zero-order valence-corrected chi connectivity index (χ0v) is 11.9. The van der Waals surface area contributed by atoms with Gasteiger partial charge in [-0.05, 0) is 18.1 Å². The Kier molecular flexibility index (Phi) is 4.40. The monoisotopic (exact) mass is 272 g/mol. The highest BCUT2D eigenvalue weighted by Crippen LogP contribution is 2.16. The largest absolute Gasteiger partial charge is 0.398 e. The fraction of sp³-hybridized carbons (Fsp3) is 0.333. The summed E-state index contributed by atoms with van der Waals surface area (Å²) in [6.07, 6.45) is 4.24. The van der Waals surface area contributed by atoms with E-state index < -0.39 is 0 Å². The van der Waals surface area contributed by atoms with Crippen LogP contribution in [-0.4, -0.2) is 16.1 Å². The molecule has 0 bridgehead atoms. The van der Waals surface area contributed by atoms with E-state index in [1.807, 2.05) is 29.2 Å². The van der Waals surface area contributed by atoms with Crippen LogP contribution >= 0.6 is 0 Å². The molecule has 2 aromatic rings. The van der Waals surface area contributed by atoms with Crippen LogP contribution in [0.1, 0.15) is 18.9 Å². The van der Waals surface area contributed by atoms with Gasteiger partial charge in [0.25, 0.3) is 5.56 Å². The fourth-order valence-corrected chi connectivity index (χ4v) is 2.12. The normalized spacial score (nSPS) is 10.5. The Hall–Kier alpha value is -2.30. The summed E-state index contributed by atoms with van der Waals surface area (Å²) in [7, 11) is 1.73. The highest BCUT2D eigenvalue weighted by Gasteiger charge is 2.13. The molecule has 1 aromatic carbocycles. The Labute approximate surface area is 118 Å². The van der Waals surface area contributed by atoms with Gasteiger partial charge < -0.3 is 15.2 Å². The molecule has 5 heteroatoms. The van der Waals surface area contributed by atoms with Crippen LogP contribution in [0.5, 0.6) is 0 Å². The lowest BCUT2D eigenvalue weighted by Gasteiger charge is -2.23. The first-order valence-electron chi connectivity index (χ1n) is 6.73. The number of anilines is 2. The molecule has 0 saturated carbocycles. The first-order chi connectivity index (χ1) is 9.63. The summed E-state index contributed by atoms with van der Waals surface area (Å²) in [5.41, 5.74) is 7.64. The number of benzene rings is 1. The number of hydrogen-bond acceptors (Lipinski definition) is 4. The van der Waals surface area contributed by atoms with E-state index in [1.54, 1.807) is 24.0 Å². The van der Waals surface area contributed by atoms with Gasteiger partial charge in [0.1, 0.15) is 0 Å². The van der Waals surface area contributed by atoms with Crippen LogP contribution in [0, 0.1) is 0 Å². The summed E-state index contributed by atoms with van der Waals surface area (Å²) in [5, 5.41) is 0. The van der Waals surface area contributed by atoms with Gasteiger partial charge in [-0.2, -0.15) is 0 Å². The third kappa shape index (κ3) is 2.99. The predicted molar refractivity (Wildman–Crippen MR) is 81.7 cm³/mol. The van der Waals surface area contributed by atoms with Crippen LogP contribution in [0.25, 0.3) is 0 Å². The lowest BCUT2D eigenvalue weighted by atomic mass is 10.1. The molecule has 0 radical (unpaired) electrons. The Balaban J connectivity index is 2.35. The third-order valence-electron chi connectivity index (χ3n) is 3.21. The summed E-state index contributed by atoms with van der Waals surface area (Å²) in [4.78, 5) is 18.4. The van der Waals surface area contributed by atoms with Crippen molar-refractivity contribution in [2.45, 2.75) is 19.9 Å².